The molecule has 9 heteroatoms. The second-order valence-corrected chi connectivity index (χ2v) is 7.95. The van der Waals surface area contributed by atoms with Crippen LogP contribution in [0.2, 0.25) is 0 Å². The van der Waals surface area contributed by atoms with E-state index in [4.69, 9.17) is 9.15 Å². The van der Waals surface area contributed by atoms with Crippen LogP contribution >= 0.6 is 23.1 Å². The highest BCUT2D eigenvalue weighted by atomic mass is 32.2. The molecular weight excluding hydrogens is 415 g/mol. The number of hydrogen-bond acceptors (Lipinski definition) is 7. The lowest BCUT2D eigenvalue weighted by atomic mass is 10.1. The van der Waals surface area contributed by atoms with Gasteiger partial charge in [0.05, 0.1) is 18.8 Å². The van der Waals surface area contributed by atoms with Crippen LogP contribution in [0.15, 0.2) is 56.3 Å². The fraction of sp³-hybridized carbons (Fsp3) is 0.150. The van der Waals surface area contributed by atoms with Crippen LogP contribution in [0, 0.1) is 5.82 Å². The molecule has 0 amide bonds. The number of carbonyl (C=O) groups is 1. The normalized spacial score (nSPS) is 11.1. The Bertz CT molecular complexity index is 1260. The number of thiophene rings is 1. The maximum Gasteiger partial charge on any atom is 0.374 e. The molecule has 0 aliphatic heterocycles. The molecular formula is C20H15FN2O4S2. The van der Waals surface area contributed by atoms with E-state index in [1.165, 1.54) is 53.2 Å². The maximum absolute atomic E-state index is 13.2. The lowest BCUT2D eigenvalue weighted by Gasteiger charge is -2.08. The number of rotatable bonds is 5. The molecule has 4 aromatic rings. The zero-order valence-corrected chi connectivity index (χ0v) is 17.1. The Hall–Kier alpha value is -2.91. The van der Waals surface area contributed by atoms with Crippen LogP contribution in [0.4, 0.5) is 4.39 Å². The lowest BCUT2D eigenvalue weighted by Crippen LogP contribution is -2.19. The summed E-state index contributed by atoms with van der Waals surface area (Å²) in [6.07, 6.45) is 1.42. The average molecular weight is 430 g/mol. The first-order valence-electron chi connectivity index (χ1n) is 8.51. The van der Waals surface area contributed by atoms with Gasteiger partial charge < -0.3 is 9.15 Å². The Balaban J connectivity index is 1.68. The monoisotopic (exact) mass is 430 g/mol. The number of fused-ring (bicyclic) bond motifs is 1. The Kier molecular flexibility index (Phi) is 5.25. The number of halogens is 1. The molecule has 3 heterocycles. The number of nitrogens with zero attached hydrogens (tertiary/aromatic N) is 2. The number of carbonyl (C=O) groups excluding carboxylic acids is 1. The first-order valence-corrected chi connectivity index (χ1v) is 10.4. The highest BCUT2D eigenvalue weighted by Crippen LogP contribution is 2.33. The average Bonchev–Trinajstić information content (AvgIpc) is 3.36. The van der Waals surface area contributed by atoms with Gasteiger partial charge in [-0.3, -0.25) is 9.36 Å². The molecule has 0 saturated carbocycles. The molecule has 0 aliphatic carbocycles. The van der Waals surface area contributed by atoms with E-state index in [0.717, 1.165) is 11.1 Å². The van der Waals surface area contributed by atoms with Crippen LogP contribution in [0.5, 0.6) is 0 Å². The number of esters is 1. The van der Waals surface area contributed by atoms with Crippen molar-refractivity contribution in [3.63, 3.8) is 0 Å². The molecule has 29 heavy (non-hydrogen) atoms. The summed E-state index contributed by atoms with van der Waals surface area (Å²) in [6, 6.07) is 7.71. The quantitative estimate of drug-likeness (QED) is 0.264. The highest BCUT2D eigenvalue weighted by molar-refractivity contribution is 7.98. The Morgan fingerprint density at radius 1 is 1.31 bits per heavy atom. The fourth-order valence-electron chi connectivity index (χ4n) is 2.89. The van der Waals surface area contributed by atoms with Gasteiger partial charge in [0.1, 0.15) is 10.6 Å². The van der Waals surface area contributed by atoms with Crippen LogP contribution in [-0.4, -0.2) is 22.6 Å². The molecule has 0 radical (unpaired) electrons. The van der Waals surface area contributed by atoms with E-state index in [1.54, 1.807) is 25.2 Å². The summed E-state index contributed by atoms with van der Waals surface area (Å²) in [5, 5.41) is 2.88. The lowest BCUT2D eigenvalue weighted by molar-refractivity contribution is 0.0564. The number of ether oxygens (including phenoxy) is 1. The molecule has 0 aliphatic rings. The number of hydrogen-bond donors (Lipinski definition) is 0. The first kappa shape index (κ1) is 19.4. The summed E-state index contributed by atoms with van der Waals surface area (Å²) in [5.41, 5.74) is 1.98. The number of thioether (sulfide) groups is 1. The SMILES string of the molecule is COC(=O)c1occc1CSc1nc2scc(-c3ccc(F)cc3)c2c(=O)n1C. The van der Waals surface area contributed by atoms with Gasteiger partial charge in [-0.2, -0.15) is 0 Å². The number of methoxy groups -OCH3 is 1. The van der Waals surface area contributed by atoms with Gasteiger partial charge in [-0.1, -0.05) is 23.9 Å². The molecule has 0 bridgehead atoms. The molecule has 1 aromatic carbocycles. The Morgan fingerprint density at radius 2 is 2.07 bits per heavy atom. The molecule has 3 aromatic heterocycles. The van der Waals surface area contributed by atoms with Gasteiger partial charge in [-0.15, -0.1) is 11.3 Å². The van der Waals surface area contributed by atoms with E-state index in [-0.39, 0.29) is 17.1 Å². The van der Waals surface area contributed by atoms with Gasteiger partial charge in [-0.25, -0.2) is 14.2 Å². The topological polar surface area (TPSA) is 74.3 Å². The van der Waals surface area contributed by atoms with E-state index in [0.29, 0.717) is 26.7 Å². The first-order chi connectivity index (χ1) is 14.0. The van der Waals surface area contributed by atoms with E-state index in [2.05, 4.69) is 4.98 Å². The van der Waals surface area contributed by atoms with Crippen LogP contribution < -0.4 is 5.56 Å². The maximum atomic E-state index is 13.2. The molecule has 0 fully saturated rings. The third-order valence-corrected chi connectivity index (χ3v) is 6.35. The zero-order chi connectivity index (χ0) is 20.5. The van der Waals surface area contributed by atoms with E-state index in [9.17, 15) is 14.0 Å². The van der Waals surface area contributed by atoms with Crippen molar-refractivity contribution in [2.24, 2.45) is 7.05 Å². The summed E-state index contributed by atoms with van der Waals surface area (Å²) in [4.78, 5) is 30.0. The second-order valence-electron chi connectivity index (χ2n) is 6.15. The fourth-order valence-corrected chi connectivity index (χ4v) is 4.83. The van der Waals surface area contributed by atoms with Gasteiger partial charge in [0.15, 0.2) is 5.16 Å². The minimum atomic E-state index is -0.551. The van der Waals surface area contributed by atoms with Gasteiger partial charge in [0, 0.05) is 29.3 Å². The molecule has 0 N–H and O–H groups in total. The standard InChI is InChI=1S/C20H15FN2O4S2/c1-23-18(24)15-14(11-3-5-13(21)6-4-11)10-28-17(15)22-20(23)29-9-12-7-8-27-16(12)19(25)26-2/h3-8,10H,9H2,1-2H3. The van der Waals surface area contributed by atoms with Crippen molar-refractivity contribution in [1.82, 2.24) is 9.55 Å². The van der Waals surface area contributed by atoms with Gasteiger partial charge in [-0.05, 0) is 23.8 Å². The van der Waals surface area contributed by atoms with Crippen molar-refractivity contribution in [3.8, 4) is 11.1 Å². The molecule has 148 valence electrons. The number of aromatic nitrogens is 2. The zero-order valence-electron chi connectivity index (χ0n) is 15.5. The molecule has 0 atom stereocenters. The molecule has 4 rings (SSSR count). The van der Waals surface area contributed by atoms with E-state index in [1.807, 2.05) is 5.38 Å². The number of furan rings is 1. The van der Waals surface area contributed by atoms with Crippen LogP contribution in [0.1, 0.15) is 16.1 Å². The summed E-state index contributed by atoms with van der Waals surface area (Å²) in [6.45, 7) is 0. The number of benzene rings is 1. The summed E-state index contributed by atoms with van der Waals surface area (Å²) < 4.78 is 24.6. The van der Waals surface area contributed by atoms with Crippen LogP contribution in [0.3, 0.4) is 0 Å². The largest absolute Gasteiger partial charge is 0.463 e. The van der Waals surface area contributed by atoms with Gasteiger partial charge in [0.25, 0.3) is 5.56 Å². The third kappa shape index (κ3) is 3.58. The van der Waals surface area contributed by atoms with E-state index < -0.39 is 5.97 Å². The Morgan fingerprint density at radius 3 is 2.79 bits per heavy atom. The minimum absolute atomic E-state index is 0.140. The van der Waals surface area contributed by atoms with Crippen molar-refractivity contribution in [2.45, 2.75) is 10.9 Å². The van der Waals surface area contributed by atoms with Gasteiger partial charge in [0.2, 0.25) is 5.76 Å². The van der Waals surface area contributed by atoms with Crippen molar-refractivity contribution >= 4 is 39.3 Å². The minimum Gasteiger partial charge on any atom is -0.463 e. The summed E-state index contributed by atoms with van der Waals surface area (Å²) in [5.74, 6) is -0.349. The predicted molar refractivity (Wildman–Crippen MR) is 110 cm³/mol. The van der Waals surface area contributed by atoms with Crippen molar-refractivity contribution in [2.75, 3.05) is 7.11 Å². The molecule has 0 unspecified atom stereocenters. The van der Waals surface area contributed by atoms with Crippen molar-refractivity contribution in [1.29, 1.82) is 0 Å². The van der Waals surface area contributed by atoms with Crippen LogP contribution in [0.25, 0.3) is 21.3 Å². The molecule has 0 spiro atoms. The second kappa shape index (κ2) is 7.84. The van der Waals surface area contributed by atoms with Crippen LogP contribution in [-0.2, 0) is 17.5 Å². The predicted octanol–water partition coefficient (Wildman–Crippen LogP) is 4.47. The van der Waals surface area contributed by atoms with E-state index >= 15 is 0 Å². The molecule has 0 saturated heterocycles. The third-order valence-electron chi connectivity index (χ3n) is 4.40. The Labute approximate surface area is 172 Å². The van der Waals surface area contributed by atoms with Gasteiger partial charge >= 0.3 is 5.97 Å². The van der Waals surface area contributed by atoms with Crippen molar-refractivity contribution in [3.05, 3.63) is 69.5 Å². The van der Waals surface area contributed by atoms with Crippen molar-refractivity contribution < 1.29 is 18.3 Å². The molecule has 6 nitrogen and oxygen atoms in total. The smallest absolute Gasteiger partial charge is 0.374 e. The summed E-state index contributed by atoms with van der Waals surface area (Å²) >= 11 is 2.68. The highest BCUT2D eigenvalue weighted by Gasteiger charge is 2.19. The summed E-state index contributed by atoms with van der Waals surface area (Å²) in [7, 11) is 2.94.